The molecule has 1 aromatic rings. The van der Waals surface area contributed by atoms with Crippen molar-refractivity contribution in [3.63, 3.8) is 0 Å². The highest BCUT2D eigenvalue weighted by molar-refractivity contribution is 5.92. The van der Waals surface area contributed by atoms with Crippen molar-refractivity contribution in [3.05, 3.63) is 30.3 Å². The van der Waals surface area contributed by atoms with Gasteiger partial charge in [-0.05, 0) is 50.9 Å². The second-order valence-corrected chi connectivity index (χ2v) is 7.39. The molecule has 0 atom stereocenters. The Hall–Kier alpha value is -1.38. The van der Waals surface area contributed by atoms with E-state index in [1.807, 2.05) is 30.3 Å². The summed E-state index contributed by atoms with van der Waals surface area (Å²) in [5.41, 5.74) is 0.120. The van der Waals surface area contributed by atoms with Crippen LogP contribution in [0.3, 0.4) is 0 Å². The number of methoxy groups -OCH3 is 1. The number of amides is 2. The first-order chi connectivity index (χ1) is 13.1. The number of para-hydroxylation sites is 1. The summed E-state index contributed by atoms with van der Waals surface area (Å²) in [5, 5.41) is 9.36. The topological polar surface area (TPSA) is 82.7 Å². The third kappa shape index (κ3) is 7.12. The van der Waals surface area contributed by atoms with Gasteiger partial charge in [0.1, 0.15) is 5.60 Å². The molecule has 0 saturated carbocycles. The number of hydrogen-bond donors (Lipinski definition) is 3. The Labute approximate surface area is 185 Å². The fourth-order valence-electron chi connectivity index (χ4n) is 3.83. The van der Waals surface area contributed by atoms with Crippen LogP contribution in [-0.2, 0) is 14.3 Å². The molecule has 3 N–H and O–H groups in total. The van der Waals surface area contributed by atoms with E-state index in [-0.39, 0.29) is 42.7 Å². The Kier molecular flexibility index (Phi) is 10.9. The van der Waals surface area contributed by atoms with Crippen LogP contribution in [0.15, 0.2) is 30.3 Å². The summed E-state index contributed by atoms with van der Waals surface area (Å²) >= 11 is 0. The molecule has 0 bridgehead atoms. The minimum atomic E-state index is -0.696. The Bertz CT molecular complexity index is 634. The van der Waals surface area contributed by atoms with Gasteiger partial charge >= 0.3 is 0 Å². The highest BCUT2D eigenvalue weighted by atomic mass is 35.5. The zero-order chi connectivity index (χ0) is 19.1. The van der Waals surface area contributed by atoms with Gasteiger partial charge in [-0.25, -0.2) is 0 Å². The number of ether oxygens (including phenoxy) is 1. The van der Waals surface area contributed by atoms with Gasteiger partial charge in [0, 0.05) is 31.9 Å². The molecule has 0 spiro atoms. The van der Waals surface area contributed by atoms with Gasteiger partial charge in [0.2, 0.25) is 5.91 Å². The minimum absolute atomic E-state index is 0. The lowest BCUT2D eigenvalue weighted by Gasteiger charge is -2.38. The number of carbonyl (C=O) groups is 2. The fourth-order valence-corrected chi connectivity index (χ4v) is 3.83. The number of nitrogens with one attached hydrogen (secondary N) is 3. The second-order valence-electron chi connectivity index (χ2n) is 7.39. The molecule has 0 aromatic heterocycles. The van der Waals surface area contributed by atoms with Crippen molar-refractivity contribution >= 4 is 42.3 Å². The Morgan fingerprint density at radius 1 is 1.14 bits per heavy atom. The third-order valence-corrected chi connectivity index (χ3v) is 5.56. The van der Waals surface area contributed by atoms with Crippen molar-refractivity contribution in [2.24, 2.45) is 0 Å². The summed E-state index contributed by atoms with van der Waals surface area (Å²) in [7, 11) is 1.62. The quantitative estimate of drug-likeness (QED) is 0.620. The van der Waals surface area contributed by atoms with E-state index in [4.69, 9.17) is 4.74 Å². The largest absolute Gasteiger partial charge is 0.368 e. The molecule has 3 rings (SSSR count). The summed E-state index contributed by atoms with van der Waals surface area (Å²) in [6.07, 6.45) is 3.10. The Balaban J connectivity index is 0.00000210. The Morgan fingerprint density at radius 3 is 2.34 bits per heavy atom. The molecule has 1 aromatic carbocycles. The molecule has 7 nitrogen and oxygen atoms in total. The summed E-state index contributed by atoms with van der Waals surface area (Å²) in [6.45, 7) is 3.58. The number of rotatable bonds is 6. The van der Waals surface area contributed by atoms with E-state index in [2.05, 4.69) is 20.9 Å². The van der Waals surface area contributed by atoms with Gasteiger partial charge in [-0.2, -0.15) is 0 Å². The maximum Gasteiger partial charge on any atom is 0.252 e. The van der Waals surface area contributed by atoms with Crippen LogP contribution in [0, 0.1) is 0 Å². The average Bonchev–Trinajstić information content (AvgIpc) is 2.70. The van der Waals surface area contributed by atoms with Crippen LogP contribution in [0.25, 0.3) is 0 Å². The number of halogens is 2. The molecular formula is C20H32Cl2N4O3. The van der Waals surface area contributed by atoms with Crippen LogP contribution in [0.2, 0.25) is 0 Å². The van der Waals surface area contributed by atoms with Crippen LogP contribution in [0.5, 0.6) is 0 Å². The standard InChI is InChI=1S/C20H30N4O3.2ClH/c1-27-20(9-11-21-12-10-20)19(26)23-17-7-13-24(14-8-17)15-18(25)22-16-5-3-2-4-6-16;;/h2-6,17,21H,7-15H2,1H3,(H,22,25)(H,23,26);2*1H. The maximum absolute atomic E-state index is 12.7. The molecule has 2 amide bonds. The first-order valence-electron chi connectivity index (χ1n) is 9.75. The van der Waals surface area contributed by atoms with Crippen LogP contribution in [0.1, 0.15) is 25.7 Å². The number of piperidine rings is 2. The van der Waals surface area contributed by atoms with Gasteiger partial charge in [0.05, 0.1) is 6.54 Å². The lowest BCUT2D eigenvalue weighted by molar-refractivity contribution is -0.147. The number of likely N-dealkylation sites (tertiary alicyclic amines) is 1. The summed E-state index contributed by atoms with van der Waals surface area (Å²) in [6, 6.07) is 9.63. The van der Waals surface area contributed by atoms with E-state index in [9.17, 15) is 9.59 Å². The molecule has 2 saturated heterocycles. The molecule has 0 radical (unpaired) electrons. The summed E-state index contributed by atoms with van der Waals surface area (Å²) in [5.74, 6) is 0.00324. The van der Waals surface area contributed by atoms with Crippen molar-refractivity contribution in [1.29, 1.82) is 0 Å². The number of carbonyl (C=O) groups excluding carboxylic acids is 2. The number of nitrogens with zero attached hydrogens (tertiary/aromatic N) is 1. The van der Waals surface area contributed by atoms with Crippen LogP contribution < -0.4 is 16.0 Å². The SMILES string of the molecule is COC1(C(=O)NC2CCN(CC(=O)Nc3ccccc3)CC2)CCNCC1.Cl.Cl. The first-order valence-corrected chi connectivity index (χ1v) is 9.75. The van der Waals surface area contributed by atoms with Gasteiger partial charge in [0.25, 0.3) is 5.91 Å². The number of benzene rings is 1. The van der Waals surface area contributed by atoms with Crippen molar-refractivity contribution < 1.29 is 14.3 Å². The van der Waals surface area contributed by atoms with Crippen LogP contribution in [-0.4, -0.2) is 68.2 Å². The molecule has 2 aliphatic heterocycles. The molecule has 9 heteroatoms. The summed E-state index contributed by atoms with van der Waals surface area (Å²) < 4.78 is 5.60. The van der Waals surface area contributed by atoms with Gasteiger partial charge in [0.15, 0.2) is 0 Å². The Morgan fingerprint density at radius 2 is 1.76 bits per heavy atom. The molecule has 2 aliphatic rings. The third-order valence-electron chi connectivity index (χ3n) is 5.56. The molecule has 0 aliphatic carbocycles. The number of hydrogen-bond acceptors (Lipinski definition) is 5. The highest BCUT2D eigenvalue weighted by Crippen LogP contribution is 2.23. The first kappa shape index (κ1) is 25.7. The van der Waals surface area contributed by atoms with Crippen LogP contribution in [0.4, 0.5) is 5.69 Å². The maximum atomic E-state index is 12.7. The average molecular weight is 447 g/mol. The zero-order valence-electron chi connectivity index (χ0n) is 16.8. The van der Waals surface area contributed by atoms with E-state index in [1.165, 1.54) is 0 Å². The van der Waals surface area contributed by atoms with Crippen molar-refractivity contribution in [1.82, 2.24) is 15.5 Å². The molecule has 2 fully saturated rings. The fraction of sp³-hybridized carbons (Fsp3) is 0.600. The van der Waals surface area contributed by atoms with E-state index in [1.54, 1.807) is 7.11 Å². The normalized spacial score (nSPS) is 19.3. The van der Waals surface area contributed by atoms with E-state index in [0.29, 0.717) is 19.4 Å². The summed E-state index contributed by atoms with van der Waals surface area (Å²) in [4.78, 5) is 27.1. The van der Waals surface area contributed by atoms with Gasteiger partial charge in [-0.15, -0.1) is 24.8 Å². The van der Waals surface area contributed by atoms with E-state index < -0.39 is 5.60 Å². The molecule has 2 heterocycles. The van der Waals surface area contributed by atoms with Gasteiger partial charge in [-0.1, -0.05) is 18.2 Å². The predicted molar refractivity (Wildman–Crippen MR) is 119 cm³/mol. The number of anilines is 1. The highest BCUT2D eigenvalue weighted by Gasteiger charge is 2.40. The molecule has 0 unspecified atom stereocenters. The molecular weight excluding hydrogens is 415 g/mol. The van der Waals surface area contributed by atoms with E-state index >= 15 is 0 Å². The second kappa shape index (κ2) is 12.3. The molecule has 164 valence electrons. The predicted octanol–water partition coefficient (Wildman–Crippen LogP) is 1.82. The van der Waals surface area contributed by atoms with Crippen molar-refractivity contribution in [3.8, 4) is 0 Å². The lowest BCUT2D eigenvalue weighted by atomic mass is 9.90. The van der Waals surface area contributed by atoms with E-state index in [0.717, 1.165) is 44.7 Å². The molecule has 29 heavy (non-hydrogen) atoms. The van der Waals surface area contributed by atoms with Crippen LogP contribution >= 0.6 is 24.8 Å². The van der Waals surface area contributed by atoms with Crippen molar-refractivity contribution in [2.75, 3.05) is 45.2 Å². The monoisotopic (exact) mass is 446 g/mol. The van der Waals surface area contributed by atoms with Gasteiger partial charge in [-0.3, -0.25) is 14.5 Å². The minimum Gasteiger partial charge on any atom is -0.368 e. The van der Waals surface area contributed by atoms with Gasteiger partial charge < -0.3 is 20.7 Å². The smallest absolute Gasteiger partial charge is 0.252 e. The zero-order valence-corrected chi connectivity index (χ0v) is 18.4. The lowest BCUT2D eigenvalue weighted by Crippen LogP contribution is -2.57. The van der Waals surface area contributed by atoms with Crippen molar-refractivity contribution in [2.45, 2.75) is 37.3 Å².